The van der Waals surface area contributed by atoms with E-state index in [1.165, 1.54) is 7.11 Å². The molecule has 1 N–H and O–H groups in total. The second kappa shape index (κ2) is 9.30. The molecule has 0 spiro atoms. The first-order chi connectivity index (χ1) is 10.8. The maximum atomic E-state index is 12.0. The Kier molecular flexibility index (Phi) is 7.75. The van der Waals surface area contributed by atoms with Crippen LogP contribution in [0.2, 0.25) is 5.02 Å². The number of benzene rings is 1. The monoisotopic (exact) mass is 339 g/mol. The summed E-state index contributed by atoms with van der Waals surface area (Å²) in [6.07, 6.45) is 0.583. The van der Waals surface area contributed by atoms with Crippen molar-refractivity contribution in [2.75, 3.05) is 7.11 Å². The predicted molar refractivity (Wildman–Crippen MR) is 88.4 cm³/mol. The lowest BCUT2D eigenvalue weighted by Gasteiger charge is -2.18. The molecule has 1 rings (SSSR count). The van der Waals surface area contributed by atoms with E-state index in [-0.39, 0.29) is 30.4 Å². The number of ether oxygens (including phenoxy) is 1. The number of ketones is 1. The highest BCUT2D eigenvalue weighted by Crippen LogP contribution is 2.12. The van der Waals surface area contributed by atoms with Crippen LogP contribution in [0.15, 0.2) is 24.3 Å². The number of Topliss-reactive ketones (excluding diaryl/α,β-unsaturated/α-hetero) is 1. The summed E-state index contributed by atoms with van der Waals surface area (Å²) < 4.78 is 4.69. The van der Waals surface area contributed by atoms with Crippen LogP contribution in [0.25, 0.3) is 0 Å². The minimum atomic E-state index is -0.682. The van der Waals surface area contributed by atoms with Crippen LogP contribution in [0.4, 0.5) is 0 Å². The van der Waals surface area contributed by atoms with Crippen molar-refractivity contribution >= 4 is 29.3 Å². The molecule has 0 heterocycles. The number of nitrogens with one attached hydrogen (secondary N) is 1. The highest BCUT2D eigenvalue weighted by atomic mass is 35.5. The molecular formula is C17H22ClNO4. The summed E-state index contributed by atoms with van der Waals surface area (Å²) in [4.78, 5) is 35.6. The lowest BCUT2D eigenvalue weighted by Crippen LogP contribution is -2.42. The van der Waals surface area contributed by atoms with E-state index >= 15 is 0 Å². The molecule has 1 unspecified atom stereocenters. The minimum Gasteiger partial charge on any atom is -0.467 e. The van der Waals surface area contributed by atoms with Crippen LogP contribution in [0, 0.1) is 5.92 Å². The van der Waals surface area contributed by atoms with E-state index in [2.05, 4.69) is 10.1 Å². The summed E-state index contributed by atoms with van der Waals surface area (Å²) in [5.74, 6) is -0.732. The first kappa shape index (κ1) is 19.2. The Bertz CT molecular complexity index is 554. The maximum absolute atomic E-state index is 12.0. The van der Waals surface area contributed by atoms with Gasteiger partial charge in [-0.05, 0) is 36.6 Å². The molecule has 5 nitrogen and oxygen atoms in total. The Hall–Kier alpha value is -1.88. The molecule has 0 aliphatic carbocycles. The highest BCUT2D eigenvalue weighted by molar-refractivity contribution is 6.30. The summed E-state index contributed by atoms with van der Waals surface area (Å²) >= 11 is 5.77. The van der Waals surface area contributed by atoms with Crippen molar-refractivity contribution in [3.05, 3.63) is 34.9 Å². The van der Waals surface area contributed by atoms with Gasteiger partial charge >= 0.3 is 5.97 Å². The van der Waals surface area contributed by atoms with E-state index in [1.807, 2.05) is 13.8 Å². The fraction of sp³-hybridized carbons (Fsp3) is 0.471. The molecule has 0 fully saturated rings. The first-order valence-electron chi connectivity index (χ1n) is 7.49. The third-order valence-corrected chi connectivity index (χ3v) is 3.53. The molecule has 1 atom stereocenters. The van der Waals surface area contributed by atoms with Gasteiger partial charge in [0.05, 0.1) is 7.11 Å². The number of esters is 1. The van der Waals surface area contributed by atoms with E-state index < -0.39 is 12.0 Å². The molecule has 0 saturated heterocycles. The average Bonchev–Trinajstić information content (AvgIpc) is 2.51. The number of rotatable bonds is 8. The van der Waals surface area contributed by atoms with Gasteiger partial charge in [0.1, 0.15) is 6.04 Å². The van der Waals surface area contributed by atoms with Crippen molar-refractivity contribution in [3.8, 4) is 0 Å². The van der Waals surface area contributed by atoms with E-state index in [4.69, 9.17) is 11.6 Å². The molecule has 1 amide bonds. The van der Waals surface area contributed by atoms with Crippen LogP contribution >= 0.6 is 11.6 Å². The predicted octanol–water partition coefficient (Wildman–Crippen LogP) is 3.01. The number of carbonyl (C=O) groups excluding carboxylic acids is 3. The number of hydrogen-bond donors (Lipinski definition) is 1. The normalized spacial score (nSPS) is 11.9. The lowest BCUT2D eigenvalue weighted by atomic mass is 10.0. The SMILES string of the molecule is COC(=O)C(CC(C)C)NC(=O)CCC(=O)c1ccc(Cl)cc1. The van der Waals surface area contributed by atoms with Gasteiger partial charge in [0.25, 0.3) is 0 Å². The second-order valence-electron chi connectivity index (χ2n) is 5.70. The smallest absolute Gasteiger partial charge is 0.328 e. The molecule has 0 aliphatic rings. The van der Waals surface area contributed by atoms with Gasteiger partial charge in [0, 0.05) is 23.4 Å². The van der Waals surface area contributed by atoms with E-state index in [0.717, 1.165) is 0 Å². The van der Waals surface area contributed by atoms with Crippen molar-refractivity contribution in [1.82, 2.24) is 5.32 Å². The van der Waals surface area contributed by atoms with Gasteiger partial charge in [-0.15, -0.1) is 0 Å². The van der Waals surface area contributed by atoms with Crippen molar-refractivity contribution in [3.63, 3.8) is 0 Å². The van der Waals surface area contributed by atoms with Crippen LogP contribution in [0.5, 0.6) is 0 Å². The highest BCUT2D eigenvalue weighted by Gasteiger charge is 2.22. The number of halogens is 1. The van der Waals surface area contributed by atoms with Crippen LogP contribution < -0.4 is 5.32 Å². The Morgan fingerprint density at radius 2 is 1.74 bits per heavy atom. The zero-order chi connectivity index (χ0) is 17.4. The molecule has 126 valence electrons. The summed E-state index contributed by atoms with van der Waals surface area (Å²) in [7, 11) is 1.28. The molecule has 0 bridgehead atoms. The van der Waals surface area contributed by atoms with Crippen LogP contribution in [0.3, 0.4) is 0 Å². The topological polar surface area (TPSA) is 72.5 Å². The Morgan fingerprint density at radius 3 is 2.26 bits per heavy atom. The zero-order valence-corrected chi connectivity index (χ0v) is 14.4. The third-order valence-electron chi connectivity index (χ3n) is 3.27. The minimum absolute atomic E-state index is 0.0209. The van der Waals surface area contributed by atoms with Gasteiger partial charge in [0.2, 0.25) is 5.91 Å². The van der Waals surface area contributed by atoms with Crippen LogP contribution in [-0.2, 0) is 14.3 Å². The molecular weight excluding hydrogens is 318 g/mol. The number of hydrogen-bond acceptors (Lipinski definition) is 4. The van der Waals surface area contributed by atoms with E-state index in [1.54, 1.807) is 24.3 Å². The molecule has 0 saturated carbocycles. The molecule has 1 aromatic carbocycles. The first-order valence-corrected chi connectivity index (χ1v) is 7.87. The molecule has 0 radical (unpaired) electrons. The molecule has 0 aliphatic heterocycles. The van der Waals surface area contributed by atoms with Gasteiger partial charge in [-0.2, -0.15) is 0 Å². The molecule has 23 heavy (non-hydrogen) atoms. The number of carbonyl (C=O) groups is 3. The standard InChI is InChI=1S/C17H22ClNO4/c1-11(2)10-14(17(22)23-3)19-16(21)9-8-15(20)12-4-6-13(18)7-5-12/h4-7,11,14H,8-10H2,1-3H3,(H,19,21). The van der Waals surface area contributed by atoms with E-state index in [0.29, 0.717) is 17.0 Å². The largest absolute Gasteiger partial charge is 0.467 e. The fourth-order valence-corrected chi connectivity index (χ4v) is 2.23. The molecule has 1 aromatic rings. The fourth-order valence-electron chi connectivity index (χ4n) is 2.10. The summed E-state index contributed by atoms with van der Waals surface area (Å²) in [5.41, 5.74) is 0.508. The van der Waals surface area contributed by atoms with Gasteiger partial charge < -0.3 is 10.1 Å². The summed E-state index contributed by atoms with van der Waals surface area (Å²) in [5, 5.41) is 3.18. The summed E-state index contributed by atoms with van der Waals surface area (Å²) in [6, 6.07) is 5.82. The molecule has 6 heteroatoms. The Balaban J connectivity index is 2.52. The Labute approximate surface area is 141 Å². The Morgan fingerprint density at radius 1 is 1.13 bits per heavy atom. The van der Waals surface area contributed by atoms with Crippen molar-refractivity contribution in [2.24, 2.45) is 5.92 Å². The lowest BCUT2D eigenvalue weighted by molar-refractivity contribution is -0.145. The van der Waals surface area contributed by atoms with Gasteiger partial charge in [-0.3, -0.25) is 9.59 Å². The average molecular weight is 340 g/mol. The van der Waals surface area contributed by atoms with E-state index in [9.17, 15) is 14.4 Å². The van der Waals surface area contributed by atoms with Crippen molar-refractivity contribution in [1.29, 1.82) is 0 Å². The molecule has 0 aromatic heterocycles. The number of amides is 1. The van der Waals surface area contributed by atoms with Crippen LogP contribution in [-0.4, -0.2) is 30.8 Å². The quantitative estimate of drug-likeness (QED) is 0.583. The van der Waals surface area contributed by atoms with Crippen LogP contribution in [0.1, 0.15) is 43.5 Å². The third kappa shape index (κ3) is 6.82. The maximum Gasteiger partial charge on any atom is 0.328 e. The number of methoxy groups -OCH3 is 1. The van der Waals surface area contributed by atoms with Gasteiger partial charge in [0.15, 0.2) is 5.78 Å². The summed E-state index contributed by atoms with van der Waals surface area (Å²) in [6.45, 7) is 3.90. The zero-order valence-electron chi connectivity index (χ0n) is 13.6. The second-order valence-corrected chi connectivity index (χ2v) is 6.14. The van der Waals surface area contributed by atoms with Gasteiger partial charge in [-0.25, -0.2) is 4.79 Å². The van der Waals surface area contributed by atoms with Crippen molar-refractivity contribution < 1.29 is 19.1 Å². The van der Waals surface area contributed by atoms with Gasteiger partial charge in [-0.1, -0.05) is 25.4 Å². The van der Waals surface area contributed by atoms with Crippen molar-refractivity contribution in [2.45, 2.75) is 39.2 Å².